The molecule has 2 fully saturated rings. The Hall–Kier alpha value is -1.59. The molecule has 2 atom stereocenters. The van der Waals surface area contributed by atoms with E-state index in [0.717, 1.165) is 30.6 Å². The van der Waals surface area contributed by atoms with Gasteiger partial charge in [0.15, 0.2) is 0 Å². The lowest BCUT2D eigenvalue weighted by atomic mass is 9.73. The quantitative estimate of drug-likeness (QED) is 0.765. The fourth-order valence-corrected chi connectivity index (χ4v) is 4.57. The molecule has 25 heavy (non-hydrogen) atoms. The molecule has 0 bridgehead atoms. The van der Waals surface area contributed by atoms with Crippen LogP contribution in [0.25, 0.3) is 0 Å². The van der Waals surface area contributed by atoms with Crippen LogP contribution >= 0.6 is 0 Å². The number of hydrogen-bond acceptors (Lipinski definition) is 3. The van der Waals surface area contributed by atoms with Crippen molar-refractivity contribution < 1.29 is 14.4 Å². The number of nitrogens with zero attached hydrogens (tertiary/aromatic N) is 1. The second kappa shape index (κ2) is 6.61. The highest BCUT2D eigenvalue weighted by molar-refractivity contribution is 6.09. The average Bonchev–Trinajstić information content (AvgIpc) is 2.64. The molecular formula is C19H33N3O3. The van der Waals surface area contributed by atoms with E-state index < -0.39 is 17.1 Å². The fraction of sp³-hybridized carbons (Fsp3) is 0.842. The number of imide groups is 1. The van der Waals surface area contributed by atoms with E-state index in [1.807, 2.05) is 20.8 Å². The third-order valence-electron chi connectivity index (χ3n) is 5.25. The van der Waals surface area contributed by atoms with Crippen LogP contribution in [0.1, 0.15) is 73.6 Å². The molecule has 1 spiro atoms. The number of amides is 4. The van der Waals surface area contributed by atoms with Crippen LogP contribution in [0.5, 0.6) is 0 Å². The van der Waals surface area contributed by atoms with Crippen molar-refractivity contribution in [3.05, 3.63) is 0 Å². The molecule has 2 N–H and O–H groups in total. The third kappa shape index (κ3) is 4.33. The standard InChI is InChI=1S/C19H33N3O3/c1-13-9-7-8-10-19(13)15(24)22(16(25)21-19)11-14(23)20-18(5,6)12-17(2,3)4/h13H,7-12H2,1-6H3,(H,20,23)(H,21,25)/t13-,19-/m0/s1. The van der Waals surface area contributed by atoms with Gasteiger partial charge in [-0.25, -0.2) is 4.79 Å². The van der Waals surface area contributed by atoms with Gasteiger partial charge in [-0.3, -0.25) is 14.5 Å². The molecule has 0 aromatic rings. The minimum absolute atomic E-state index is 0.0687. The Morgan fingerprint density at radius 3 is 2.44 bits per heavy atom. The van der Waals surface area contributed by atoms with Crippen molar-refractivity contribution in [2.24, 2.45) is 11.3 Å². The number of hydrogen-bond donors (Lipinski definition) is 2. The van der Waals surface area contributed by atoms with Gasteiger partial charge in [-0.2, -0.15) is 0 Å². The van der Waals surface area contributed by atoms with Gasteiger partial charge in [0.1, 0.15) is 12.1 Å². The zero-order valence-corrected chi connectivity index (χ0v) is 16.5. The highest BCUT2D eigenvalue weighted by Crippen LogP contribution is 2.38. The molecule has 0 aromatic carbocycles. The second-order valence-corrected chi connectivity index (χ2v) is 9.61. The lowest BCUT2D eigenvalue weighted by Gasteiger charge is -2.37. The predicted octanol–water partition coefficient (Wildman–Crippen LogP) is 2.82. The van der Waals surface area contributed by atoms with Gasteiger partial charge in [0.05, 0.1) is 0 Å². The molecule has 1 aliphatic carbocycles. The topological polar surface area (TPSA) is 78.5 Å². The number of carbonyl (C=O) groups excluding carboxylic acids is 3. The van der Waals surface area contributed by atoms with Gasteiger partial charge in [0.25, 0.3) is 5.91 Å². The molecule has 1 aliphatic heterocycles. The molecule has 2 aliphatic rings. The fourth-order valence-electron chi connectivity index (χ4n) is 4.57. The lowest BCUT2D eigenvalue weighted by Crippen LogP contribution is -2.54. The van der Waals surface area contributed by atoms with Crippen LogP contribution in [0, 0.1) is 11.3 Å². The van der Waals surface area contributed by atoms with Crippen LogP contribution in [0.4, 0.5) is 4.79 Å². The highest BCUT2D eigenvalue weighted by atomic mass is 16.2. The summed E-state index contributed by atoms with van der Waals surface area (Å²) in [5.74, 6) is -0.435. The molecule has 142 valence electrons. The molecular weight excluding hydrogens is 318 g/mol. The minimum atomic E-state index is -0.809. The molecule has 6 nitrogen and oxygen atoms in total. The van der Waals surface area contributed by atoms with Gasteiger partial charge >= 0.3 is 6.03 Å². The SMILES string of the molecule is C[C@H]1CCCC[C@]12NC(=O)N(CC(=O)NC(C)(C)CC(C)(C)C)C2=O. The summed E-state index contributed by atoms with van der Waals surface area (Å²) in [4.78, 5) is 38.8. The summed E-state index contributed by atoms with van der Waals surface area (Å²) in [5, 5.41) is 5.85. The van der Waals surface area contributed by atoms with Gasteiger partial charge in [0, 0.05) is 5.54 Å². The summed E-state index contributed by atoms with van der Waals surface area (Å²) in [6.07, 6.45) is 4.38. The van der Waals surface area contributed by atoms with E-state index >= 15 is 0 Å². The van der Waals surface area contributed by atoms with Crippen LogP contribution in [0.2, 0.25) is 0 Å². The number of urea groups is 1. The maximum Gasteiger partial charge on any atom is 0.325 e. The van der Waals surface area contributed by atoms with Crippen molar-refractivity contribution in [2.45, 2.75) is 84.7 Å². The van der Waals surface area contributed by atoms with Gasteiger partial charge in [-0.1, -0.05) is 40.5 Å². The Kier molecular flexibility index (Phi) is 5.22. The van der Waals surface area contributed by atoms with Crippen molar-refractivity contribution in [1.29, 1.82) is 0 Å². The zero-order valence-electron chi connectivity index (χ0n) is 16.5. The zero-order chi connectivity index (χ0) is 19.0. The summed E-state index contributed by atoms with van der Waals surface area (Å²) in [6, 6.07) is -0.442. The van der Waals surface area contributed by atoms with Crippen LogP contribution in [-0.4, -0.2) is 40.4 Å². The summed E-state index contributed by atoms with van der Waals surface area (Å²) in [5.41, 5.74) is -1.14. The molecule has 2 rings (SSSR count). The first kappa shape index (κ1) is 19.7. The maximum absolute atomic E-state index is 12.9. The van der Waals surface area contributed by atoms with Gasteiger partial charge < -0.3 is 10.6 Å². The number of nitrogens with one attached hydrogen (secondary N) is 2. The van der Waals surface area contributed by atoms with E-state index in [0.29, 0.717) is 6.42 Å². The average molecular weight is 351 g/mol. The first-order valence-corrected chi connectivity index (χ1v) is 9.31. The normalized spacial score (nSPS) is 27.6. The number of carbonyl (C=O) groups is 3. The summed E-state index contributed by atoms with van der Waals surface area (Å²) in [7, 11) is 0. The van der Waals surface area contributed by atoms with Crippen LogP contribution in [-0.2, 0) is 9.59 Å². The molecule has 0 aromatic heterocycles. The van der Waals surface area contributed by atoms with Crippen molar-refractivity contribution in [2.75, 3.05) is 6.54 Å². The maximum atomic E-state index is 12.9. The summed E-state index contributed by atoms with van der Waals surface area (Å²) < 4.78 is 0. The molecule has 0 radical (unpaired) electrons. The predicted molar refractivity (Wildman–Crippen MR) is 96.9 cm³/mol. The Bertz CT molecular complexity index is 565. The van der Waals surface area contributed by atoms with Gasteiger partial charge in [0.2, 0.25) is 5.91 Å². The summed E-state index contributed by atoms with van der Waals surface area (Å²) >= 11 is 0. The van der Waals surface area contributed by atoms with Gasteiger partial charge in [-0.05, 0) is 44.4 Å². The Morgan fingerprint density at radius 1 is 1.24 bits per heavy atom. The van der Waals surface area contributed by atoms with Crippen molar-refractivity contribution >= 4 is 17.8 Å². The minimum Gasteiger partial charge on any atom is -0.350 e. The molecule has 0 unspecified atom stereocenters. The van der Waals surface area contributed by atoms with E-state index in [-0.39, 0.29) is 29.7 Å². The largest absolute Gasteiger partial charge is 0.350 e. The van der Waals surface area contributed by atoms with E-state index in [1.165, 1.54) is 0 Å². The first-order chi connectivity index (χ1) is 11.4. The highest BCUT2D eigenvalue weighted by Gasteiger charge is 2.55. The van der Waals surface area contributed by atoms with Crippen LogP contribution in [0.3, 0.4) is 0 Å². The molecule has 1 saturated heterocycles. The third-order valence-corrected chi connectivity index (χ3v) is 5.25. The van der Waals surface area contributed by atoms with Gasteiger partial charge in [-0.15, -0.1) is 0 Å². The van der Waals surface area contributed by atoms with Crippen LogP contribution in [0.15, 0.2) is 0 Å². The van der Waals surface area contributed by atoms with Crippen molar-refractivity contribution in [1.82, 2.24) is 15.5 Å². The van der Waals surface area contributed by atoms with E-state index in [1.54, 1.807) is 0 Å². The van der Waals surface area contributed by atoms with E-state index in [9.17, 15) is 14.4 Å². The van der Waals surface area contributed by atoms with Crippen LogP contribution < -0.4 is 10.6 Å². The second-order valence-electron chi connectivity index (χ2n) is 9.61. The summed E-state index contributed by atoms with van der Waals surface area (Å²) in [6.45, 7) is 12.1. The number of rotatable bonds is 4. The van der Waals surface area contributed by atoms with Crippen molar-refractivity contribution in [3.63, 3.8) is 0 Å². The Balaban J connectivity index is 2.04. The Labute approximate surface area is 151 Å². The lowest BCUT2D eigenvalue weighted by molar-refractivity contribution is -0.137. The van der Waals surface area contributed by atoms with E-state index in [4.69, 9.17) is 0 Å². The van der Waals surface area contributed by atoms with E-state index in [2.05, 4.69) is 31.4 Å². The monoisotopic (exact) mass is 351 g/mol. The molecule has 1 saturated carbocycles. The first-order valence-electron chi connectivity index (χ1n) is 9.31. The molecule has 1 heterocycles. The molecule has 4 amide bonds. The smallest absolute Gasteiger partial charge is 0.325 e. The van der Waals surface area contributed by atoms with Crippen molar-refractivity contribution in [3.8, 4) is 0 Å². The molecule has 6 heteroatoms. The Morgan fingerprint density at radius 2 is 1.88 bits per heavy atom.